The molecule has 8 heteroatoms. The van der Waals surface area contributed by atoms with Gasteiger partial charge in [0.05, 0.1) is 5.92 Å². The highest BCUT2D eigenvalue weighted by atomic mass is 16.5. The van der Waals surface area contributed by atoms with Crippen molar-refractivity contribution in [2.75, 3.05) is 19.6 Å². The molecular formula is C10H14N4O4. The smallest absolute Gasteiger partial charge is 0.317 e. The molecule has 2 heterocycles. The van der Waals surface area contributed by atoms with E-state index >= 15 is 0 Å². The lowest BCUT2D eigenvalue weighted by Gasteiger charge is -2.16. The molecule has 1 atom stereocenters. The van der Waals surface area contributed by atoms with E-state index in [2.05, 4.69) is 20.0 Å². The van der Waals surface area contributed by atoms with Crippen molar-refractivity contribution in [3.05, 3.63) is 12.2 Å². The number of aromatic nitrogens is 2. The van der Waals surface area contributed by atoms with Crippen molar-refractivity contribution in [1.29, 1.82) is 0 Å². The van der Waals surface area contributed by atoms with Gasteiger partial charge in [-0.1, -0.05) is 5.16 Å². The minimum atomic E-state index is -0.850. The van der Waals surface area contributed by atoms with Gasteiger partial charge in [-0.05, 0) is 6.42 Å². The largest absolute Gasteiger partial charge is 0.481 e. The Morgan fingerprint density at radius 1 is 1.61 bits per heavy atom. The van der Waals surface area contributed by atoms with E-state index in [-0.39, 0.29) is 12.6 Å². The number of nitrogens with one attached hydrogen (secondary N) is 1. The lowest BCUT2D eigenvalue weighted by atomic mass is 10.1. The highest BCUT2D eigenvalue weighted by Gasteiger charge is 2.30. The average Bonchev–Trinajstić information content (AvgIpc) is 2.99. The van der Waals surface area contributed by atoms with Gasteiger partial charge in [-0.2, -0.15) is 4.98 Å². The van der Waals surface area contributed by atoms with Crippen LogP contribution in [0.15, 0.2) is 10.9 Å². The molecule has 1 aromatic heterocycles. The van der Waals surface area contributed by atoms with Gasteiger partial charge in [0.2, 0.25) is 6.39 Å². The minimum absolute atomic E-state index is 0.248. The van der Waals surface area contributed by atoms with Gasteiger partial charge in [0, 0.05) is 26.1 Å². The van der Waals surface area contributed by atoms with Crippen LogP contribution in [-0.4, -0.2) is 51.8 Å². The molecule has 1 fully saturated rings. The number of carboxylic acids is 1. The fourth-order valence-corrected chi connectivity index (χ4v) is 1.84. The van der Waals surface area contributed by atoms with Crippen molar-refractivity contribution in [2.45, 2.75) is 12.8 Å². The summed E-state index contributed by atoms with van der Waals surface area (Å²) >= 11 is 0. The summed E-state index contributed by atoms with van der Waals surface area (Å²) in [6, 6.07) is -0.248. The molecule has 2 amide bonds. The van der Waals surface area contributed by atoms with Crippen LogP contribution in [0, 0.1) is 5.92 Å². The van der Waals surface area contributed by atoms with Crippen LogP contribution >= 0.6 is 0 Å². The van der Waals surface area contributed by atoms with E-state index in [0.717, 1.165) is 0 Å². The third kappa shape index (κ3) is 2.96. The normalized spacial score (nSPS) is 18.9. The van der Waals surface area contributed by atoms with Crippen LogP contribution in [0.1, 0.15) is 12.2 Å². The lowest BCUT2D eigenvalue weighted by molar-refractivity contribution is -0.141. The predicted molar refractivity (Wildman–Crippen MR) is 58.7 cm³/mol. The number of hydrogen-bond donors (Lipinski definition) is 2. The molecular weight excluding hydrogens is 240 g/mol. The van der Waals surface area contributed by atoms with E-state index in [9.17, 15) is 9.59 Å². The van der Waals surface area contributed by atoms with Gasteiger partial charge in [0.25, 0.3) is 0 Å². The molecule has 0 aliphatic carbocycles. The van der Waals surface area contributed by atoms with Crippen LogP contribution in [0.2, 0.25) is 0 Å². The maximum absolute atomic E-state index is 11.7. The summed E-state index contributed by atoms with van der Waals surface area (Å²) in [5, 5.41) is 15.1. The topological polar surface area (TPSA) is 109 Å². The van der Waals surface area contributed by atoms with Gasteiger partial charge in [-0.15, -0.1) is 0 Å². The van der Waals surface area contributed by atoms with Gasteiger partial charge >= 0.3 is 12.0 Å². The molecule has 1 aromatic rings. The zero-order valence-corrected chi connectivity index (χ0v) is 9.70. The summed E-state index contributed by atoms with van der Waals surface area (Å²) in [4.78, 5) is 27.8. The van der Waals surface area contributed by atoms with Crippen LogP contribution in [0.25, 0.3) is 0 Å². The quantitative estimate of drug-likeness (QED) is 0.765. The summed E-state index contributed by atoms with van der Waals surface area (Å²) in [7, 11) is 0. The van der Waals surface area contributed by atoms with E-state index in [1.807, 2.05) is 0 Å². The zero-order valence-electron chi connectivity index (χ0n) is 9.70. The number of carbonyl (C=O) groups is 2. The minimum Gasteiger partial charge on any atom is -0.481 e. The fraction of sp³-hybridized carbons (Fsp3) is 0.600. The highest BCUT2D eigenvalue weighted by molar-refractivity contribution is 5.77. The van der Waals surface area contributed by atoms with Crippen molar-refractivity contribution in [3.63, 3.8) is 0 Å². The van der Waals surface area contributed by atoms with Crippen LogP contribution in [-0.2, 0) is 11.2 Å². The molecule has 0 spiro atoms. The Hall–Kier alpha value is -2.12. The monoisotopic (exact) mass is 254 g/mol. The average molecular weight is 254 g/mol. The van der Waals surface area contributed by atoms with E-state index in [1.165, 1.54) is 11.3 Å². The Morgan fingerprint density at radius 3 is 3.06 bits per heavy atom. The summed E-state index contributed by atoms with van der Waals surface area (Å²) in [6.07, 6.45) is 2.22. The van der Waals surface area contributed by atoms with E-state index in [1.54, 1.807) is 0 Å². The van der Waals surface area contributed by atoms with Gasteiger partial charge < -0.3 is 19.8 Å². The van der Waals surface area contributed by atoms with E-state index < -0.39 is 11.9 Å². The van der Waals surface area contributed by atoms with Crippen molar-refractivity contribution in [1.82, 2.24) is 20.4 Å². The SMILES string of the molecule is O=C(O)C1CCN(C(=O)NCCc2ncon2)C1. The zero-order chi connectivity index (χ0) is 13.0. The first-order chi connectivity index (χ1) is 8.66. The van der Waals surface area contributed by atoms with E-state index in [0.29, 0.717) is 31.8 Å². The summed E-state index contributed by atoms with van der Waals surface area (Å²) < 4.78 is 4.56. The number of nitrogens with zero attached hydrogens (tertiary/aromatic N) is 3. The number of amides is 2. The highest BCUT2D eigenvalue weighted by Crippen LogP contribution is 2.15. The standard InChI is InChI=1S/C10H14N4O4/c15-9(16)7-2-4-14(5-7)10(17)11-3-1-8-12-6-18-13-8/h6-7H,1-5H2,(H,11,17)(H,15,16). The third-order valence-electron chi connectivity index (χ3n) is 2.86. The van der Waals surface area contributed by atoms with Gasteiger partial charge in [-0.3, -0.25) is 4.79 Å². The number of urea groups is 1. The molecule has 2 rings (SSSR count). The number of rotatable bonds is 4. The van der Waals surface area contributed by atoms with Crippen molar-refractivity contribution in [2.24, 2.45) is 5.92 Å². The number of likely N-dealkylation sites (tertiary alicyclic amines) is 1. The molecule has 0 aromatic carbocycles. The molecule has 0 saturated carbocycles. The second-order valence-electron chi connectivity index (χ2n) is 4.10. The molecule has 1 aliphatic rings. The molecule has 1 aliphatic heterocycles. The van der Waals surface area contributed by atoms with Crippen molar-refractivity contribution in [3.8, 4) is 0 Å². The van der Waals surface area contributed by atoms with Gasteiger partial charge in [0.15, 0.2) is 5.82 Å². The predicted octanol–water partition coefficient (Wildman–Crippen LogP) is -0.272. The molecule has 1 unspecified atom stereocenters. The molecule has 0 bridgehead atoms. The maximum Gasteiger partial charge on any atom is 0.317 e. The van der Waals surface area contributed by atoms with Gasteiger partial charge in [0.1, 0.15) is 0 Å². The van der Waals surface area contributed by atoms with Crippen LogP contribution < -0.4 is 5.32 Å². The molecule has 8 nitrogen and oxygen atoms in total. The lowest BCUT2D eigenvalue weighted by Crippen LogP contribution is -2.39. The number of aliphatic carboxylic acids is 1. The first kappa shape index (κ1) is 12.3. The Balaban J connectivity index is 1.71. The number of carboxylic acid groups (broad SMARTS) is 1. The Labute approximate surface area is 103 Å². The first-order valence-corrected chi connectivity index (χ1v) is 5.67. The van der Waals surface area contributed by atoms with Crippen LogP contribution in [0.4, 0.5) is 4.79 Å². The molecule has 18 heavy (non-hydrogen) atoms. The maximum atomic E-state index is 11.7. The molecule has 1 saturated heterocycles. The number of hydrogen-bond acceptors (Lipinski definition) is 5. The molecule has 0 radical (unpaired) electrons. The summed E-state index contributed by atoms with van der Waals surface area (Å²) in [5.74, 6) is -0.773. The third-order valence-corrected chi connectivity index (χ3v) is 2.86. The second-order valence-corrected chi connectivity index (χ2v) is 4.10. The second kappa shape index (κ2) is 5.48. The fourth-order valence-electron chi connectivity index (χ4n) is 1.84. The number of carbonyl (C=O) groups excluding carboxylic acids is 1. The molecule has 2 N–H and O–H groups in total. The first-order valence-electron chi connectivity index (χ1n) is 5.67. The molecule has 98 valence electrons. The Kier molecular flexibility index (Phi) is 3.75. The Morgan fingerprint density at radius 2 is 2.44 bits per heavy atom. The van der Waals surface area contributed by atoms with Gasteiger partial charge in [-0.25, -0.2) is 4.79 Å². The van der Waals surface area contributed by atoms with Crippen LogP contribution in [0.3, 0.4) is 0 Å². The van der Waals surface area contributed by atoms with Crippen molar-refractivity contribution < 1.29 is 19.2 Å². The van der Waals surface area contributed by atoms with Crippen molar-refractivity contribution >= 4 is 12.0 Å². The Bertz CT molecular complexity index is 420. The summed E-state index contributed by atoms with van der Waals surface area (Å²) in [6.45, 7) is 1.14. The van der Waals surface area contributed by atoms with Crippen LogP contribution in [0.5, 0.6) is 0 Å². The van der Waals surface area contributed by atoms with E-state index in [4.69, 9.17) is 5.11 Å². The summed E-state index contributed by atoms with van der Waals surface area (Å²) in [5.41, 5.74) is 0.